The van der Waals surface area contributed by atoms with Crippen molar-refractivity contribution in [2.24, 2.45) is 5.92 Å². The number of hydrogen-bond donors (Lipinski definition) is 2. The predicted molar refractivity (Wildman–Crippen MR) is 78.9 cm³/mol. The number of Topliss-reactive ketones (excluding diaryl/α,β-unsaturated/α-hetero) is 1. The van der Waals surface area contributed by atoms with Gasteiger partial charge < -0.3 is 15.0 Å². The molecule has 0 saturated heterocycles. The molecule has 1 aliphatic heterocycles. The van der Waals surface area contributed by atoms with E-state index in [9.17, 15) is 14.4 Å². The van der Waals surface area contributed by atoms with Crippen molar-refractivity contribution in [2.75, 3.05) is 5.32 Å². The second-order valence-electron chi connectivity index (χ2n) is 5.24. The van der Waals surface area contributed by atoms with Crippen molar-refractivity contribution in [1.29, 1.82) is 0 Å². The summed E-state index contributed by atoms with van der Waals surface area (Å²) in [5, 5.41) is 11.5. The highest BCUT2D eigenvalue weighted by molar-refractivity contribution is 6.02. The number of fused-ring (bicyclic) bond motifs is 1. The lowest BCUT2D eigenvalue weighted by molar-refractivity contribution is -0.116. The normalized spacial score (nSPS) is 16.4. The quantitative estimate of drug-likeness (QED) is 0.904. The molecule has 6 nitrogen and oxygen atoms in total. The Kier molecular flexibility index (Phi) is 3.50. The van der Waals surface area contributed by atoms with Crippen molar-refractivity contribution < 1.29 is 19.5 Å². The third-order valence-electron chi connectivity index (χ3n) is 3.72. The van der Waals surface area contributed by atoms with Crippen molar-refractivity contribution in [3.05, 3.63) is 53.9 Å². The number of benzene rings is 1. The number of hydrogen-bond acceptors (Lipinski definition) is 3. The summed E-state index contributed by atoms with van der Waals surface area (Å²) < 4.78 is 1.85. The van der Waals surface area contributed by atoms with Crippen LogP contribution in [0, 0.1) is 5.92 Å². The molecule has 0 spiro atoms. The molecule has 0 radical (unpaired) electrons. The first-order chi connectivity index (χ1) is 10.5. The van der Waals surface area contributed by atoms with Gasteiger partial charge in [-0.1, -0.05) is 0 Å². The molecule has 2 heterocycles. The summed E-state index contributed by atoms with van der Waals surface area (Å²) in [7, 11) is 0. The second-order valence-corrected chi connectivity index (χ2v) is 5.24. The highest BCUT2D eigenvalue weighted by atomic mass is 16.4. The average Bonchev–Trinajstić information content (AvgIpc) is 3.04. The van der Waals surface area contributed by atoms with E-state index in [0.717, 1.165) is 0 Å². The van der Waals surface area contributed by atoms with Gasteiger partial charge in [-0.2, -0.15) is 0 Å². The molecular formula is C16H14N2O4. The fraction of sp³-hybridized carbons (Fsp3) is 0.188. The Bertz CT molecular complexity index is 746. The first-order valence-corrected chi connectivity index (χ1v) is 6.87. The van der Waals surface area contributed by atoms with Crippen LogP contribution in [-0.2, 0) is 11.3 Å². The van der Waals surface area contributed by atoms with Crippen LogP contribution in [-0.4, -0.2) is 27.3 Å². The summed E-state index contributed by atoms with van der Waals surface area (Å²) in [4.78, 5) is 34.9. The molecule has 1 atom stereocenters. The van der Waals surface area contributed by atoms with E-state index in [1.54, 1.807) is 6.07 Å². The van der Waals surface area contributed by atoms with Crippen LogP contribution in [0.4, 0.5) is 5.69 Å². The first kappa shape index (κ1) is 14.1. The Morgan fingerprint density at radius 2 is 1.95 bits per heavy atom. The van der Waals surface area contributed by atoms with E-state index >= 15 is 0 Å². The van der Waals surface area contributed by atoms with Crippen molar-refractivity contribution >= 4 is 23.3 Å². The minimum atomic E-state index is -1.02. The van der Waals surface area contributed by atoms with Crippen molar-refractivity contribution in [2.45, 2.75) is 13.0 Å². The number of nitrogens with zero attached hydrogens (tertiary/aromatic N) is 1. The topological polar surface area (TPSA) is 88.4 Å². The van der Waals surface area contributed by atoms with Crippen molar-refractivity contribution in [3.63, 3.8) is 0 Å². The lowest BCUT2D eigenvalue weighted by atomic mass is 10.0. The minimum absolute atomic E-state index is 0.0126. The molecule has 1 aliphatic rings. The molecule has 1 aromatic heterocycles. The van der Waals surface area contributed by atoms with E-state index in [2.05, 4.69) is 5.32 Å². The Morgan fingerprint density at radius 3 is 2.59 bits per heavy atom. The smallest absolute Gasteiger partial charge is 0.335 e. The SMILES string of the molecule is O=C(C[C@@H]1Cn2cccc2C1=O)Nc1ccc(C(=O)O)cc1. The number of anilines is 1. The molecule has 0 saturated carbocycles. The summed E-state index contributed by atoms with van der Waals surface area (Å²) in [6.45, 7) is 0.520. The van der Waals surface area contributed by atoms with Crippen LogP contribution in [0.25, 0.3) is 0 Å². The predicted octanol–water partition coefficient (Wildman–Crippen LogP) is 2.03. The number of amides is 1. The fourth-order valence-electron chi connectivity index (χ4n) is 2.62. The molecule has 3 rings (SSSR count). The Labute approximate surface area is 126 Å². The molecule has 2 aromatic rings. The van der Waals surface area contributed by atoms with Crippen LogP contribution in [0.2, 0.25) is 0 Å². The number of nitrogens with one attached hydrogen (secondary N) is 1. The van der Waals surface area contributed by atoms with E-state index < -0.39 is 5.97 Å². The maximum Gasteiger partial charge on any atom is 0.335 e. The van der Waals surface area contributed by atoms with Crippen molar-refractivity contribution in [3.8, 4) is 0 Å². The summed E-state index contributed by atoms with van der Waals surface area (Å²) >= 11 is 0. The molecular weight excluding hydrogens is 284 g/mol. The molecule has 2 N–H and O–H groups in total. The molecule has 0 fully saturated rings. The lowest BCUT2D eigenvalue weighted by Gasteiger charge is -2.09. The number of carbonyl (C=O) groups is 3. The molecule has 112 valence electrons. The van der Waals surface area contributed by atoms with Crippen LogP contribution in [0.15, 0.2) is 42.6 Å². The zero-order chi connectivity index (χ0) is 15.7. The van der Waals surface area contributed by atoms with E-state index in [4.69, 9.17) is 5.11 Å². The zero-order valence-electron chi connectivity index (χ0n) is 11.7. The van der Waals surface area contributed by atoms with Gasteiger partial charge in [-0.3, -0.25) is 9.59 Å². The zero-order valence-corrected chi connectivity index (χ0v) is 11.7. The molecule has 6 heteroatoms. The van der Waals surface area contributed by atoms with Gasteiger partial charge in [0, 0.05) is 24.8 Å². The summed E-state index contributed by atoms with van der Waals surface area (Å²) in [5.74, 6) is -1.63. The first-order valence-electron chi connectivity index (χ1n) is 6.87. The number of carboxylic acids is 1. The van der Waals surface area contributed by atoms with E-state index in [-0.39, 0.29) is 29.6 Å². The number of aromatic carboxylic acids is 1. The van der Waals surface area contributed by atoms with Crippen LogP contribution in [0.5, 0.6) is 0 Å². The van der Waals surface area contributed by atoms with Gasteiger partial charge in [0.25, 0.3) is 0 Å². The summed E-state index contributed by atoms with van der Waals surface area (Å²) in [5.41, 5.74) is 1.31. The number of ketones is 1. The molecule has 1 amide bonds. The number of rotatable bonds is 4. The van der Waals surface area contributed by atoms with Gasteiger partial charge in [0.1, 0.15) is 0 Å². The Hall–Kier alpha value is -2.89. The van der Waals surface area contributed by atoms with Crippen LogP contribution in [0.3, 0.4) is 0 Å². The lowest BCUT2D eigenvalue weighted by Crippen LogP contribution is -2.20. The third kappa shape index (κ3) is 2.63. The van der Waals surface area contributed by atoms with Gasteiger partial charge in [0.15, 0.2) is 5.78 Å². The van der Waals surface area contributed by atoms with Crippen molar-refractivity contribution in [1.82, 2.24) is 4.57 Å². The minimum Gasteiger partial charge on any atom is -0.478 e. The highest BCUT2D eigenvalue weighted by Crippen LogP contribution is 2.24. The Balaban J connectivity index is 1.60. The van der Waals surface area contributed by atoms with Crippen LogP contribution in [0.1, 0.15) is 27.3 Å². The van der Waals surface area contributed by atoms with Crippen LogP contribution < -0.4 is 5.32 Å². The van der Waals surface area contributed by atoms with Gasteiger partial charge in [-0.15, -0.1) is 0 Å². The number of carboxylic acid groups (broad SMARTS) is 1. The van der Waals surface area contributed by atoms with Gasteiger partial charge >= 0.3 is 5.97 Å². The molecule has 22 heavy (non-hydrogen) atoms. The van der Waals surface area contributed by atoms with Crippen LogP contribution >= 0.6 is 0 Å². The number of aromatic nitrogens is 1. The molecule has 0 unspecified atom stereocenters. The van der Waals surface area contributed by atoms with Gasteiger partial charge in [0.05, 0.1) is 17.2 Å². The number of carbonyl (C=O) groups excluding carboxylic acids is 2. The molecule has 0 bridgehead atoms. The highest BCUT2D eigenvalue weighted by Gasteiger charge is 2.31. The van der Waals surface area contributed by atoms with Gasteiger partial charge in [0.2, 0.25) is 5.91 Å². The Morgan fingerprint density at radius 1 is 1.23 bits per heavy atom. The molecule has 0 aliphatic carbocycles. The maximum absolute atomic E-state index is 12.1. The standard InChI is InChI=1S/C16H14N2O4/c19-14(17-12-5-3-10(4-6-12)16(21)22)8-11-9-18-7-1-2-13(18)15(11)20/h1-7,11H,8-9H2,(H,17,19)(H,21,22)/t11-/m1/s1. The largest absolute Gasteiger partial charge is 0.478 e. The van der Waals surface area contributed by atoms with E-state index in [0.29, 0.717) is 17.9 Å². The second kappa shape index (κ2) is 5.48. The summed E-state index contributed by atoms with van der Waals surface area (Å²) in [6, 6.07) is 9.47. The van der Waals surface area contributed by atoms with E-state index in [1.165, 1.54) is 24.3 Å². The molecule has 1 aromatic carbocycles. The van der Waals surface area contributed by atoms with E-state index in [1.807, 2.05) is 16.8 Å². The maximum atomic E-state index is 12.1. The van der Waals surface area contributed by atoms with Gasteiger partial charge in [-0.25, -0.2) is 4.79 Å². The monoisotopic (exact) mass is 298 g/mol. The fourth-order valence-corrected chi connectivity index (χ4v) is 2.62. The average molecular weight is 298 g/mol. The summed E-state index contributed by atoms with van der Waals surface area (Å²) in [6.07, 6.45) is 1.94. The third-order valence-corrected chi connectivity index (χ3v) is 3.72. The van der Waals surface area contributed by atoms with Gasteiger partial charge in [-0.05, 0) is 36.4 Å².